The Hall–Kier alpha value is -4.34. The molecule has 3 heterocycles. The first-order valence-corrected chi connectivity index (χ1v) is 9.69. The Labute approximate surface area is 183 Å². The molecule has 152 valence electrons. The van der Waals surface area contributed by atoms with Gasteiger partial charge in [0.15, 0.2) is 6.19 Å². The van der Waals surface area contributed by atoms with E-state index in [2.05, 4.69) is 25.6 Å². The molecule has 0 fully saturated rings. The predicted octanol–water partition coefficient (Wildman–Crippen LogP) is 2.86. The van der Waals surface area contributed by atoms with E-state index in [0.717, 1.165) is 22.4 Å². The number of hydrogen-bond acceptors (Lipinski definition) is 9. The summed E-state index contributed by atoms with van der Waals surface area (Å²) in [6.07, 6.45) is 3.57. The van der Waals surface area contributed by atoms with Crippen LogP contribution in [0.5, 0.6) is 0 Å². The number of aliphatic imine (C=N–C) groups is 1. The van der Waals surface area contributed by atoms with Gasteiger partial charge in [-0.25, -0.2) is 9.98 Å². The fourth-order valence-electron chi connectivity index (χ4n) is 3.33. The van der Waals surface area contributed by atoms with E-state index < -0.39 is 6.04 Å². The summed E-state index contributed by atoms with van der Waals surface area (Å²) in [5.41, 5.74) is 16.4. The summed E-state index contributed by atoms with van der Waals surface area (Å²) >= 11 is 5.83. The highest BCUT2D eigenvalue weighted by molar-refractivity contribution is 6.17. The summed E-state index contributed by atoms with van der Waals surface area (Å²) in [6.45, 7) is 0. The van der Waals surface area contributed by atoms with E-state index in [4.69, 9.17) is 28.3 Å². The van der Waals surface area contributed by atoms with Crippen molar-refractivity contribution in [1.29, 1.82) is 10.5 Å². The zero-order valence-corrected chi connectivity index (χ0v) is 16.9. The van der Waals surface area contributed by atoms with Crippen LogP contribution >= 0.6 is 11.6 Å². The third kappa shape index (κ3) is 3.66. The second-order valence-corrected chi connectivity index (χ2v) is 6.98. The van der Waals surface area contributed by atoms with Crippen molar-refractivity contribution in [3.05, 3.63) is 64.8 Å². The van der Waals surface area contributed by atoms with Crippen molar-refractivity contribution in [3.63, 3.8) is 0 Å². The van der Waals surface area contributed by atoms with Crippen LogP contribution in [0.3, 0.4) is 0 Å². The molecule has 0 spiro atoms. The molecular weight excluding hydrogens is 414 g/mol. The smallest absolute Gasteiger partial charge is 0.211 e. The van der Waals surface area contributed by atoms with Gasteiger partial charge in [0.1, 0.15) is 29.3 Å². The number of nitrogens with two attached hydrogens (primary N) is 2. The first-order valence-electron chi connectivity index (χ1n) is 9.15. The molecule has 0 radical (unpaired) electrons. The van der Waals surface area contributed by atoms with Gasteiger partial charge in [0.05, 0.1) is 11.4 Å². The monoisotopic (exact) mass is 429 g/mol. The molecule has 2 aromatic heterocycles. The highest BCUT2D eigenvalue weighted by atomic mass is 35.5. The molecule has 1 atom stereocenters. The number of anilines is 3. The topological polar surface area (TPSA) is 162 Å². The van der Waals surface area contributed by atoms with Gasteiger partial charge < -0.3 is 16.8 Å². The number of aromatic nitrogens is 2. The zero-order valence-electron chi connectivity index (χ0n) is 16.1. The van der Waals surface area contributed by atoms with Gasteiger partial charge >= 0.3 is 0 Å². The molecule has 9 nitrogen and oxygen atoms in total. The van der Waals surface area contributed by atoms with Crippen LogP contribution in [0.4, 0.5) is 17.3 Å². The van der Waals surface area contributed by atoms with Gasteiger partial charge in [-0.05, 0) is 17.2 Å². The van der Waals surface area contributed by atoms with Crippen molar-refractivity contribution in [2.24, 2.45) is 4.99 Å². The summed E-state index contributed by atoms with van der Waals surface area (Å²) in [7, 11) is 0. The molecule has 1 aromatic carbocycles. The number of pyridine rings is 2. The molecule has 6 N–H and O–H groups in total. The molecule has 1 aliphatic heterocycles. The second-order valence-electron chi connectivity index (χ2n) is 6.71. The van der Waals surface area contributed by atoms with E-state index in [0.29, 0.717) is 17.3 Å². The lowest BCUT2D eigenvalue weighted by molar-refractivity contribution is 0.847. The Morgan fingerprint density at radius 3 is 2.52 bits per heavy atom. The molecule has 0 saturated heterocycles. The first kappa shape index (κ1) is 20.0. The molecule has 1 aliphatic rings. The van der Waals surface area contributed by atoms with Crippen molar-refractivity contribution in [2.45, 2.75) is 11.9 Å². The molecule has 0 aliphatic carbocycles. The fraction of sp³-hybridized carbons (Fsp3) is 0.0952. The Balaban J connectivity index is 1.78. The van der Waals surface area contributed by atoms with E-state index in [9.17, 15) is 5.26 Å². The van der Waals surface area contributed by atoms with Crippen molar-refractivity contribution in [2.75, 3.05) is 16.8 Å². The second kappa shape index (κ2) is 8.19. The maximum atomic E-state index is 9.42. The normalized spacial score (nSPS) is 14.4. The molecule has 0 saturated carbocycles. The number of nitrogens with zero attached hydrogens (tertiary/aromatic N) is 5. The largest absolute Gasteiger partial charge is 0.397 e. The number of fused-ring (bicyclic) bond motifs is 1. The standard InChI is InChI=1S/C21H16ClN9/c22-7-11-1-6-15(27-9-11)12-2-4-13(5-3-12)18-16-17(25)14(8-23)19(26)30-20(16)31-21(29-18)28-10-24/h1-6,9,18H,7H2,(H6,25,26,28,29,30,31). The minimum Gasteiger partial charge on any atom is -0.397 e. The quantitative estimate of drug-likeness (QED) is 0.280. The van der Waals surface area contributed by atoms with Crippen molar-refractivity contribution >= 4 is 34.9 Å². The first-order chi connectivity index (χ1) is 15.0. The van der Waals surface area contributed by atoms with Gasteiger partial charge in [-0.1, -0.05) is 30.3 Å². The Morgan fingerprint density at radius 1 is 1.13 bits per heavy atom. The SMILES string of the molecule is N#CNC1=NC(c2ccc(-c3ccc(CCl)cn3)cc2)c2c(nc(N)c(C#N)c2N)N1. The summed E-state index contributed by atoms with van der Waals surface area (Å²) in [5.74, 6) is 0.959. The van der Waals surface area contributed by atoms with Gasteiger partial charge in [0.25, 0.3) is 0 Å². The van der Waals surface area contributed by atoms with Gasteiger partial charge in [0.2, 0.25) is 5.96 Å². The third-order valence-electron chi connectivity index (χ3n) is 4.86. The van der Waals surface area contributed by atoms with E-state index >= 15 is 0 Å². The third-order valence-corrected chi connectivity index (χ3v) is 5.17. The number of halogens is 1. The lowest BCUT2D eigenvalue weighted by Gasteiger charge is -2.26. The lowest BCUT2D eigenvalue weighted by atomic mass is 9.94. The van der Waals surface area contributed by atoms with Gasteiger partial charge in [-0.3, -0.25) is 10.3 Å². The molecule has 0 bridgehead atoms. The van der Waals surface area contributed by atoms with Crippen molar-refractivity contribution in [3.8, 4) is 23.5 Å². The number of alkyl halides is 1. The van der Waals surface area contributed by atoms with Crippen LogP contribution < -0.4 is 22.1 Å². The van der Waals surface area contributed by atoms with Gasteiger partial charge in [-0.2, -0.15) is 10.5 Å². The van der Waals surface area contributed by atoms with E-state index in [-0.39, 0.29) is 23.0 Å². The number of nitriles is 2. The van der Waals surface area contributed by atoms with Crippen LogP contribution in [0.25, 0.3) is 11.3 Å². The summed E-state index contributed by atoms with van der Waals surface area (Å²) in [6, 6.07) is 12.8. The molecule has 4 rings (SSSR count). The number of nitrogens with one attached hydrogen (secondary N) is 2. The van der Waals surface area contributed by atoms with Crippen LogP contribution in [0, 0.1) is 22.8 Å². The van der Waals surface area contributed by atoms with Crippen LogP contribution in [-0.2, 0) is 5.88 Å². The molecular formula is C21H16ClN9. The average Bonchev–Trinajstić information content (AvgIpc) is 2.79. The van der Waals surface area contributed by atoms with Crippen LogP contribution in [0.1, 0.15) is 28.3 Å². The van der Waals surface area contributed by atoms with Crippen LogP contribution in [0.2, 0.25) is 0 Å². The maximum Gasteiger partial charge on any atom is 0.211 e. The molecule has 1 unspecified atom stereocenters. The summed E-state index contributed by atoms with van der Waals surface area (Å²) < 4.78 is 0. The van der Waals surface area contributed by atoms with E-state index in [1.807, 2.05) is 48.7 Å². The lowest BCUT2D eigenvalue weighted by Crippen LogP contribution is -2.32. The zero-order chi connectivity index (χ0) is 22.0. The Morgan fingerprint density at radius 2 is 1.90 bits per heavy atom. The molecule has 10 heteroatoms. The minimum atomic E-state index is -0.590. The predicted molar refractivity (Wildman–Crippen MR) is 119 cm³/mol. The summed E-state index contributed by atoms with van der Waals surface area (Å²) in [4.78, 5) is 13.2. The molecule has 3 aromatic rings. The van der Waals surface area contributed by atoms with Crippen molar-refractivity contribution in [1.82, 2.24) is 15.3 Å². The number of benzene rings is 1. The minimum absolute atomic E-state index is 0.00465. The van der Waals surface area contributed by atoms with Crippen LogP contribution in [-0.4, -0.2) is 15.9 Å². The fourth-order valence-corrected chi connectivity index (χ4v) is 3.49. The highest BCUT2D eigenvalue weighted by Gasteiger charge is 2.29. The van der Waals surface area contributed by atoms with Gasteiger partial charge in [-0.15, -0.1) is 11.6 Å². The Bertz CT molecular complexity index is 1250. The number of guanidine groups is 1. The van der Waals surface area contributed by atoms with Crippen molar-refractivity contribution < 1.29 is 0 Å². The number of hydrogen-bond donors (Lipinski definition) is 4. The highest BCUT2D eigenvalue weighted by Crippen LogP contribution is 2.40. The van der Waals surface area contributed by atoms with E-state index in [1.165, 1.54) is 0 Å². The number of rotatable bonds is 3. The maximum absolute atomic E-state index is 9.42. The molecule has 31 heavy (non-hydrogen) atoms. The molecule has 0 amide bonds. The number of nitrogen functional groups attached to an aromatic ring is 2. The average molecular weight is 430 g/mol. The van der Waals surface area contributed by atoms with Gasteiger partial charge in [0, 0.05) is 23.2 Å². The van der Waals surface area contributed by atoms with E-state index in [1.54, 1.807) is 6.20 Å². The summed E-state index contributed by atoms with van der Waals surface area (Å²) in [5, 5.41) is 23.8. The Kier molecular flexibility index (Phi) is 5.27. The van der Waals surface area contributed by atoms with Crippen LogP contribution in [0.15, 0.2) is 47.6 Å².